The van der Waals surface area contributed by atoms with Crippen LogP contribution in [0.4, 0.5) is 0 Å². The lowest BCUT2D eigenvalue weighted by Gasteiger charge is -2.19. The lowest BCUT2D eigenvalue weighted by atomic mass is 10.2. The van der Waals surface area contributed by atoms with Gasteiger partial charge < -0.3 is 4.90 Å². The number of nitrogens with one attached hydrogen (secondary N) is 1. The van der Waals surface area contributed by atoms with Crippen molar-refractivity contribution in [1.82, 2.24) is 10.3 Å². The van der Waals surface area contributed by atoms with E-state index in [-0.39, 0.29) is 17.5 Å². The molecule has 0 amide bonds. The van der Waals surface area contributed by atoms with Gasteiger partial charge in [-0.3, -0.25) is 11.3 Å². The van der Waals surface area contributed by atoms with E-state index in [1.165, 1.54) is 0 Å². The Labute approximate surface area is 92.9 Å². The van der Waals surface area contributed by atoms with Crippen LogP contribution in [-0.2, 0) is 9.84 Å². The molecule has 0 aromatic rings. The van der Waals surface area contributed by atoms with Crippen LogP contribution < -0.4 is 11.3 Å². The first kappa shape index (κ1) is 14.8. The molecule has 0 aliphatic heterocycles. The lowest BCUT2D eigenvalue weighted by Crippen LogP contribution is -2.42. The van der Waals surface area contributed by atoms with Crippen molar-refractivity contribution >= 4 is 9.84 Å². The van der Waals surface area contributed by atoms with Gasteiger partial charge in [0.05, 0.1) is 5.75 Å². The van der Waals surface area contributed by atoms with E-state index < -0.39 is 9.84 Å². The van der Waals surface area contributed by atoms with Gasteiger partial charge in [-0.2, -0.15) is 0 Å². The van der Waals surface area contributed by atoms with Crippen LogP contribution in [0.3, 0.4) is 0 Å². The van der Waals surface area contributed by atoms with Gasteiger partial charge in [0.25, 0.3) is 0 Å². The summed E-state index contributed by atoms with van der Waals surface area (Å²) in [6.07, 6.45) is 1.45. The van der Waals surface area contributed by atoms with E-state index in [1.807, 2.05) is 19.0 Å². The Bertz CT molecular complexity index is 252. The first-order valence-corrected chi connectivity index (χ1v) is 7.04. The summed E-state index contributed by atoms with van der Waals surface area (Å²) >= 11 is 0. The molecule has 0 fully saturated rings. The van der Waals surface area contributed by atoms with Gasteiger partial charge >= 0.3 is 0 Å². The van der Waals surface area contributed by atoms with Crippen molar-refractivity contribution in [3.05, 3.63) is 0 Å². The quantitative estimate of drug-likeness (QED) is 0.443. The summed E-state index contributed by atoms with van der Waals surface area (Å²) < 4.78 is 22.5. The highest BCUT2D eigenvalue weighted by Crippen LogP contribution is 2.01. The molecule has 6 heteroatoms. The maximum atomic E-state index is 11.2. The zero-order valence-corrected chi connectivity index (χ0v) is 10.7. The molecule has 0 heterocycles. The zero-order valence-electron chi connectivity index (χ0n) is 9.86. The highest BCUT2D eigenvalue weighted by Gasteiger charge is 2.11. The van der Waals surface area contributed by atoms with E-state index in [0.717, 1.165) is 13.0 Å². The SMILES string of the molecule is CCS(=O)(=O)CCCC(CN(C)C)NN. The standard InChI is InChI=1S/C9H23N3O2S/c1-4-15(13,14)7-5-6-9(11-10)8-12(2)3/h9,11H,4-8,10H2,1-3H3. The zero-order chi connectivity index (χ0) is 11.9. The Morgan fingerprint density at radius 2 is 2.00 bits per heavy atom. The number of rotatable bonds is 8. The van der Waals surface area contributed by atoms with E-state index in [1.54, 1.807) is 6.92 Å². The maximum Gasteiger partial charge on any atom is 0.150 e. The number of nitrogens with two attached hydrogens (primary N) is 1. The highest BCUT2D eigenvalue weighted by molar-refractivity contribution is 7.91. The molecule has 1 atom stereocenters. The molecule has 0 rings (SSSR count). The van der Waals surface area contributed by atoms with Crippen molar-refractivity contribution < 1.29 is 8.42 Å². The molecule has 0 aliphatic rings. The molecule has 0 saturated heterocycles. The molecule has 92 valence electrons. The minimum atomic E-state index is -2.83. The molecule has 0 saturated carbocycles. The molecule has 5 nitrogen and oxygen atoms in total. The van der Waals surface area contributed by atoms with E-state index in [4.69, 9.17) is 5.84 Å². The molecule has 1 unspecified atom stereocenters. The Balaban J connectivity index is 3.82. The Morgan fingerprint density at radius 3 is 2.40 bits per heavy atom. The Hall–Kier alpha value is -0.170. The largest absolute Gasteiger partial charge is 0.308 e. The molecular weight excluding hydrogens is 214 g/mol. The minimum Gasteiger partial charge on any atom is -0.308 e. The van der Waals surface area contributed by atoms with Gasteiger partial charge in [-0.05, 0) is 26.9 Å². The molecule has 0 aliphatic carbocycles. The fourth-order valence-electron chi connectivity index (χ4n) is 1.36. The van der Waals surface area contributed by atoms with Crippen molar-refractivity contribution in [1.29, 1.82) is 0 Å². The summed E-state index contributed by atoms with van der Waals surface area (Å²) in [5.41, 5.74) is 2.70. The third-order valence-corrected chi connectivity index (χ3v) is 4.06. The van der Waals surface area contributed by atoms with Gasteiger partial charge in [-0.1, -0.05) is 6.92 Å². The third kappa shape index (κ3) is 7.72. The predicted molar refractivity (Wildman–Crippen MR) is 63.2 cm³/mol. The first-order chi connectivity index (χ1) is 6.91. The van der Waals surface area contributed by atoms with Gasteiger partial charge in [0.2, 0.25) is 0 Å². The van der Waals surface area contributed by atoms with Crippen LogP contribution >= 0.6 is 0 Å². The van der Waals surface area contributed by atoms with Gasteiger partial charge in [-0.25, -0.2) is 8.42 Å². The van der Waals surface area contributed by atoms with Crippen LogP contribution in [0, 0.1) is 0 Å². The van der Waals surface area contributed by atoms with Crippen molar-refractivity contribution in [2.75, 3.05) is 32.1 Å². The van der Waals surface area contributed by atoms with Gasteiger partial charge in [0.15, 0.2) is 0 Å². The normalized spacial score (nSPS) is 14.5. The predicted octanol–water partition coefficient (Wildman–Crippen LogP) is -0.405. The number of hydrogen-bond acceptors (Lipinski definition) is 5. The second-order valence-electron chi connectivity index (χ2n) is 4.00. The summed E-state index contributed by atoms with van der Waals surface area (Å²) in [6.45, 7) is 2.50. The van der Waals surface area contributed by atoms with Crippen LogP contribution in [0.25, 0.3) is 0 Å². The van der Waals surface area contributed by atoms with E-state index in [9.17, 15) is 8.42 Å². The summed E-state index contributed by atoms with van der Waals surface area (Å²) in [6, 6.07) is 0.159. The highest BCUT2D eigenvalue weighted by atomic mass is 32.2. The molecule has 0 aromatic carbocycles. The number of hydrazine groups is 1. The average Bonchev–Trinajstić information content (AvgIpc) is 2.15. The van der Waals surface area contributed by atoms with E-state index >= 15 is 0 Å². The van der Waals surface area contributed by atoms with Crippen molar-refractivity contribution in [3.63, 3.8) is 0 Å². The molecule has 0 radical (unpaired) electrons. The lowest BCUT2D eigenvalue weighted by molar-refractivity contribution is 0.327. The number of nitrogens with zero attached hydrogens (tertiary/aromatic N) is 1. The fraction of sp³-hybridized carbons (Fsp3) is 1.00. The maximum absolute atomic E-state index is 11.2. The van der Waals surface area contributed by atoms with Crippen LogP contribution in [0.1, 0.15) is 19.8 Å². The summed E-state index contributed by atoms with van der Waals surface area (Å²) in [5, 5.41) is 0. The Kier molecular flexibility index (Phi) is 7.08. The van der Waals surface area contributed by atoms with Gasteiger partial charge in [0, 0.05) is 18.3 Å². The van der Waals surface area contributed by atoms with E-state index in [0.29, 0.717) is 6.42 Å². The number of likely N-dealkylation sites (N-methyl/N-ethyl adjacent to an activating group) is 1. The van der Waals surface area contributed by atoms with Gasteiger partial charge in [0.1, 0.15) is 9.84 Å². The Morgan fingerprint density at radius 1 is 1.40 bits per heavy atom. The van der Waals surface area contributed by atoms with Crippen LogP contribution in [0.5, 0.6) is 0 Å². The van der Waals surface area contributed by atoms with Crippen LogP contribution in [0.2, 0.25) is 0 Å². The summed E-state index contributed by atoms with van der Waals surface area (Å²) in [5.74, 6) is 5.86. The molecular formula is C9H23N3O2S. The van der Waals surface area contributed by atoms with Crippen molar-refractivity contribution in [2.24, 2.45) is 5.84 Å². The number of hydrogen-bond donors (Lipinski definition) is 2. The summed E-state index contributed by atoms with van der Waals surface area (Å²) in [7, 11) is 1.10. The first-order valence-electron chi connectivity index (χ1n) is 5.22. The topological polar surface area (TPSA) is 75.4 Å². The van der Waals surface area contributed by atoms with Crippen LogP contribution in [-0.4, -0.2) is 51.5 Å². The molecule has 0 aromatic heterocycles. The van der Waals surface area contributed by atoms with Crippen LogP contribution in [0.15, 0.2) is 0 Å². The van der Waals surface area contributed by atoms with Gasteiger partial charge in [-0.15, -0.1) is 0 Å². The van der Waals surface area contributed by atoms with Crippen molar-refractivity contribution in [3.8, 4) is 0 Å². The third-order valence-electron chi connectivity index (χ3n) is 2.27. The molecule has 0 bridgehead atoms. The molecule has 3 N–H and O–H groups in total. The molecule has 0 spiro atoms. The van der Waals surface area contributed by atoms with E-state index in [2.05, 4.69) is 5.43 Å². The fourth-order valence-corrected chi connectivity index (χ4v) is 2.26. The second kappa shape index (κ2) is 7.16. The second-order valence-corrected chi connectivity index (χ2v) is 6.48. The monoisotopic (exact) mass is 237 g/mol. The smallest absolute Gasteiger partial charge is 0.150 e. The summed E-state index contributed by atoms with van der Waals surface area (Å²) in [4.78, 5) is 2.03. The minimum absolute atomic E-state index is 0.159. The average molecular weight is 237 g/mol. The van der Waals surface area contributed by atoms with Crippen molar-refractivity contribution in [2.45, 2.75) is 25.8 Å². The number of sulfone groups is 1. The molecule has 15 heavy (non-hydrogen) atoms.